The van der Waals surface area contributed by atoms with Gasteiger partial charge in [0.05, 0.1) is 0 Å². The number of urea groups is 1. The minimum Gasteiger partial charge on any atom is -0.396 e. The van der Waals surface area contributed by atoms with Crippen LogP contribution in [0.3, 0.4) is 0 Å². The van der Waals surface area contributed by atoms with E-state index in [1.807, 2.05) is 0 Å². The van der Waals surface area contributed by atoms with Crippen LogP contribution in [0.4, 0.5) is 4.79 Å². The Labute approximate surface area is 124 Å². The maximum atomic E-state index is 11.4. The molecule has 3 N–H and O–H groups in total. The highest BCUT2D eigenvalue weighted by atomic mass is 16.2. The molecule has 0 unspecified atom stereocenters. The average molecular weight is 284 g/mol. The largest absolute Gasteiger partial charge is 0.396 e. The van der Waals surface area contributed by atoms with Crippen molar-refractivity contribution in [3.63, 3.8) is 0 Å². The van der Waals surface area contributed by atoms with Crippen LogP contribution >= 0.6 is 0 Å². The van der Waals surface area contributed by atoms with E-state index in [1.54, 1.807) is 0 Å². The van der Waals surface area contributed by atoms with Gasteiger partial charge in [-0.15, -0.1) is 0 Å². The summed E-state index contributed by atoms with van der Waals surface area (Å²) in [7, 11) is 0. The molecule has 0 saturated carbocycles. The van der Waals surface area contributed by atoms with Gasteiger partial charge in [0.2, 0.25) is 0 Å². The normalized spacial score (nSPS) is 10.9. The smallest absolute Gasteiger partial charge is 0.314 e. The number of carbonyl (C=O) groups is 1. The highest BCUT2D eigenvalue weighted by Gasteiger charge is 1.97. The van der Waals surface area contributed by atoms with E-state index in [4.69, 9.17) is 5.11 Å². The number of carbonyl (C=O) groups excluding carboxylic acids is 1. The summed E-state index contributed by atoms with van der Waals surface area (Å²) >= 11 is 0. The quantitative estimate of drug-likeness (QED) is 0.359. The zero-order valence-corrected chi connectivity index (χ0v) is 13.0. The molecule has 0 aliphatic heterocycles. The van der Waals surface area contributed by atoms with Crippen molar-refractivity contribution in [3.05, 3.63) is 12.2 Å². The number of rotatable bonds is 13. The van der Waals surface area contributed by atoms with E-state index < -0.39 is 0 Å². The summed E-state index contributed by atoms with van der Waals surface area (Å²) in [6, 6.07) is -0.0411. The fourth-order valence-electron chi connectivity index (χ4n) is 1.84. The molecule has 0 rings (SSSR count). The van der Waals surface area contributed by atoms with Gasteiger partial charge in [0.15, 0.2) is 0 Å². The summed E-state index contributed by atoms with van der Waals surface area (Å²) in [4.78, 5) is 11.4. The van der Waals surface area contributed by atoms with Crippen LogP contribution in [-0.2, 0) is 0 Å². The number of hydrogen-bond donors (Lipinski definition) is 3. The predicted molar refractivity (Wildman–Crippen MR) is 84.9 cm³/mol. The van der Waals surface area contributed by atoms with Gasteiger partial charge < -0.3 is 15.7 Å². The van der Waals surface area contributed by atoms with Gasteiger partial charge in [0.25, 0.3) is 0 Å². The summed E-state index contributed by atoms with van der Waals surface area (Å²) in [5, 5.41) is 14.4. The van der Waals surface area contributed by atoms with Crippen LogP contribution in [0.5, 0.6) is 0 Å². The molecule has 0 spiro atoms. The lowest BCUT2D eigenvalue weighted by atomic mass is 10.2. The number of nitrogens with one attached hydrogen (secondary N) is 2. The number of aliphatic hydroxyl groups is 1. The number of unbranched alkanes of at least 4 members (excludes halogenated alkanes) is 6. The van der Waals surface area contributed by atoms with Gasteiger partial charge in [-0.05, 0) is 44.9 Å². The van der Waals surface area contributed by atoms with Crippen molar-refractivity contribution in [3.8, 4) is 0 Å². The third-order valence-corrected chi connectivity index (χ3v) is 3.09. The van der Waals surface area contributed by atoms with Crippen molar-refractivity contribution in [2.75, 3.05) is 19.7 Å². The maximum absolute atomic E-state index is 11.4. The zero-order chi connectivity index (χ0) is 14.9. The molecule has 0 aromatic heterocycles. The lowest BCUT2D eigenvalue weighted by molar-refractivity contribution is 0.240. The van der Waals surface area contributed by atoms with Crippen LogP contribution in [-0.4, -0.2) is 30.8 Å². The molecule has 2 amide bonds. The molecule has 0 radical (unpaired) electrons. The van der Waals surface area contributed by atoms with E-state index in [9.17, 15) is 4.79 Å². The van der Waals surface area contributed by atoms with Crippen LogP contribution in [0.1, 0.15) is 64.7 Å². The second-order valence-corrected chi connectivity index (χ2v) is 5.08. The summed E-state index contributed by atoms with van der Waals surface area (Å²) in [6.07, 6.45) is 14.0. The van der Waals surface area contributed by atoms with Crippen LogP contribution in [0.2, 0.25) is 0 Å². The number of allylic oxidation sites excluding steroid dienone is 2. The molecular formula is C16H32N2O2. The Balaban J connectivity index is 3.20. The maximum Gasteiger partial charge on any atom is 0.314 e. The van der Waals surface area contributed by atoms with Crippen molar-refractivity contribution in [1.82, 2.24) is 10.6 Å². The SMILES string of the molecule is CCCCCNC(=O)NCCCCC=CCCCCO. The van der Waals surface area contributed by atoms with Crippen LogP contribution in [0.15, 0.2) is 12.2 Å². The minimum absolute atomic E-state index is 0.0411. The van der Waals surface area contributed by atoms with Crippen molar-refractivity contribution in [2.45, 2.75) is 64.7 Å². The second-order valence-electron chi connectivity index (χ2n) is 5.08. The van der Waals surface area contributed by atoms with Gasteiger partial charge in [0.1, 0.15) is 0 Å². The molecule has 0 heterocycles. The summed E-state index contributed by atoms with van der Waals surface area (Å²) in [6.45, 7) is 3.97. The van der Waals surface area contributed by atoms with Crippen LogP contribution in [0, 0.1) is 0 Å². The van der Waals surface area contributed by atoms with E-state index in [0.29, 0.717) is 6.61 Å². The standard InChI is InChI=1S/C16H32N2O2/c1-2-3-10-13-17-16(20)18-14-11-8-6-4-5-7-9-12-15-19/h4-5,19H,2-3,6-15H2,1H3,(H2,17,18,20). The molecule has 0 aliphatic carbocycles. The van der Waals surface area contributed by atoms with E-state index in [-0.39, 0.29) is 6.03 Å². The Morgan fingerprint density at radius 3 is 2.00 bits per heavy atom. The molecule has 20 heavy (non-hydrogen) atoms. The molecule has 0 aromatic rings. The Morgan fingerprint density at radius 2 is 1.45 bits per heavy atom. The van der Waals surface area contributed by atoms with Crippen LogP contribution in [0.25, 0.3) is 0 Å². The molecule has 0 bridgehead atoms. The number of amides is 2. The predicted octanol–water partition coefficient (Wildman–Crippen LogP) is 3.36. The molecule has 0 aromatic carbocycles. The summed E-state index contributed by atoms with van der Waals surface area (Å²) < 4.78 is 0. The minimum atomic E-state index is -0.0411. The molecular weight excluding hydrogens is 252 g/mol. The molecule has 118 valence electrons. The average Bonchev–Trinajstić information content (AvgIpc) is 2.45. The number of aliphatic hydroxyl groups excluding tert-OH is 1. The molecule has 0 aliphatic rings. The lowest BCUT2D eigenvalue weighted by Crippen LogP contribution is -2.36. The van der Waals surface area contributed by atoms with Crippen molar-refractivity contribution < 1.29 is 9.90 Å². The van der Waals surface area contributed by atoms with E-state index >= 15 is 0 Å². The van der Waals surface area contributed by atoms with Gasteiger partial charge in [-0.2, -0.15) is 0 Å². The van der Waals surface area contributed by atoms with Gasteiger partial charge in [-0.1, -0.05) is 31.9 Å². The highest BCUT2D eigenvalue weighted by molar-refractivity contribution is 5.73. The van der Waals surface area contributed by atoms with E-state index in [1.165, 1.54) is 12.8 Å². The van der Waals surface area contributed by atoms with Gasteiger partial charge >= 0.3 is 6.03 Å². The number of hydrogen-bond acceptors (Lipinski definition) is 2. The summed E-state index contributed by atoms with van der Waals surface area (Å²) in [5.41, 5.74) is 0. The molecule has 4 heteroatoms. The molecule has 0 saturated heterocycles. The Kier molecular flexibility index (Phi) is 15.2. The highest BCUT2D eigenvalue weighted by Crippen LogP contribution is 2.00. The van der Waals surface area contributed by atoms with E-state index in [0.717, 1.165) is 58.0 Å². The first-order valence-corrected chi connectivity index (χ1v) is 8.08. The van der Waals surface area contributed by atoms with Crippen molar-refractivity contribution >= 4 is 6.03 Å². The fourth-order valence-corrected chi connectivity index (χ4v) is 1.84. The monoisotopic (exact) mass is 284 g/mol. The van der Waals surface area contributed by atoms with Gasteiger partial charge in [0, 0.05) is 19.7 Å². The van der Waals surface area contributed by atoms with Gasteiger partial charge in [-0.3, -0.25) is 0 Å². The Bertz CT molecular complexity index is 243. The molecule has 0 atom stereocenters. The van der Waals surface area contributed by atoms with E-state index in [2.05, 4.69) is 29.7 Å². The molecule has 0 fully saturated rings. The van der Waals surface area contributed by atoms with Gasteiger partial charge in [-0.25, -0.2) is 4.79 Å². The van der Waals surface area contributed by atoms with Crippen LogP contribution < -0.4 is 10.6 Å². The van der Waals surface area contributed by atoms with Crippen molar-refractivity contribution in [2.24, 2.45) is 0 Å². The third-order valence-electron chi connectivity index (χ3n) is 3.09. The first-order chi connectivity index (χ1) is 9.81. The Hall–Kier alpha value is -1.03. The lowest BCUT2D eigenvalue weighted by Gasteiger charge is -2.06. The first kappa shape index (κ1) is 19.0. The topological polar surface area (TPSA) is 61.4 Å². The molecule has 4 nitrogen and oxygen atoms in total. The van der Waals surface area contributed by atoms with Crippen molar-refractivity contribution in [1.29, 1.82) is 0 Å². The summed E-state index contributed by atoms with van der Waals surface area (Å²) in [5.74, 6) is 0. The zero-order valence-electron chi connectivity index (χ0n) is 13.0. The first-order valence-electron chi connectivity index (χ1n) is 8.08. The second kappa shape index (κ2) is 16.0. The fraction of sp³-hybridized carbons (Fsp3) is 0.812. The third kappa shape index (κ3) is 15.0. The Morgan fingerprint density at radius 1 is 0.900 bits per heavy atom.